The van der Waals surface area contributed by atoms with Crippen LogP contribution in [0, 0.1) is 23.3 Å². The molecule has 4 rings (SSSR count). The smallest absolute Gasteiger partial charge is 0.256 e. The summed E-state index contributed by atoms with van der Waals surface area (Å²) in [5, 5.41) is 3.89. The van der Waals surface area contributed by atoms with Gasteiger partial charge in [0.25, 0.3) is 5.91 Å². The van der Waals surface area contributed by atoms with Crippen molar-refractivity contribution in [1.29, 1.82) is 0 Å². The first kappa shape index (κ1) is 19.1. The molecule has 1 unspecified atom stereocenters. The van der Waals surface area contributed by atoms with Crippen LogP contribution < -0.4 is 0 Å². The Kier molecular flexibility index (Phi) is 5.04. The van der Waals surface area contributed by atoms with Crippen molar-refractivity contribution in [3.05, 3.63) is 71.1 Å². The highest BCUT2D eigenvalue weighted by Crippen LogP contribution is 2.29. The summed E-state index contributed by atoms with van der Waals surface area (Å²) in [6, 6.07) is 7.25. The van der Waals surface area contributed by atoms with Crippen molar-refractivity contribution in [3.63, 3.8) is 0 Å². The molecule has 0 N–H and O–H groups in total. The van der Waals surface area contributed by atoms with E-state index in [1.54, 1.807) is 0 Å². The van der Waals surface area contributed by atoms with Crippen LogP contribution in [0.3, 0.4) is 0 Å². The van der Waals surface area contributed by atoms with Crippen LogP contribution in [0.1, 0.15) is 35.0 Å². The van der Waals surface area contributed by atoms with Gasteiger partial charge >= 0.3 is 0 Å². The summed E-state index contributed by atoms with van der Waals surface area (Å²) in [5.74, 6) is -5.35. The molecule has 1 atom stereocenters. The van der Waals surface area contributed by atoms with E-state index in [4.69, 9.17) is 4.52 Å². The van der Waals surface area contributed by atoms with Gasteiger partial charge in [-0.25, -0.2) is 17.6 Å². The second-order valence-electron chi connectivity index (χ2n) is 6.78. The number of carbonyl (C=O) groups excluding carboxylic acids is 1. The van der Waals surface area contributed by atoms with Crippen LogP contribution in [-0.4, -0.2) is 34.0 Å². The molecule has 0 aliphatic carbocycles. The fraction of sp³-hybridized carbons (Fsp3) is 0.250. The number of benzene rings is 2. The lowest BCUT2D eigenvalue weighted by Gasteiger charge is -2.31. The van der Waals surface area contributed by atoms with Crippen molar-refractivity contribution in [2.24, 2.45) is 0 Å². The highest BCUT2D eigenvalue weighted by molar-refractivity contribution is 5.94. The van der Waals surface area contributed by atoms with Gasteiger partial charge in [0.15, 0.2) is 17.5 Å². The van der Waals surface area contributed by atoms with E-state index in [0.717, 1.165) is 12.1 Å². The highest BCUT2D eigenvalue weighted by atomic mass is 19.2. The van der Waals surface area contributed by atoms with E-state index < -0.39 is 28.9 Å². The van der Waals surface area contributed by atoms with Crippen LogP contribution >= 0.6 is 0 Å². The maximum absolute atomic E-state index is 14.0. The molecule has 1 fully saturated rings. The number of piperidine rings is 1. The van der Waals surface area contributed by atoms with Crippen LogP contribution in [0.2, 0.25) is 0 Å². The Morgan fingerprint density at radius 1 is 1.03 bits per heavy atom. The maximum Gasteiger partial charge on any atom is 0.256 e. The van der Waals surface area contributed by atoms with Crippen LogP contribution in [0.15, 0.2) is 40.9 Å². The Morgan fingerprint density at radius 3 is 2.55 bits per heavy atom. The predicted octanol–water partition coefficient (Wildman–Crippen LogP) is 4.31. The molecule has 9 heteroatoms. The summed E-state index contributed by atoms with van der Waals surface area (Å²) in [4.78, 5) is 18.3. The minimum absolute atomic E-state index is 0.169. The highest BCUT2D eigenvalue weighted by Gasteiger charge is 2.31. The number of hydrogen-bond donors (Lipinski definition) is 0. The average molecular weight is 405 g/mol. The van der Waals surface area contributed by atoms with E-state index in [9.17, 15) is 22.4 Å². The third-order valence-corrected chi connectivity index (χ3v) is 4.87. The van der Waals surface area contributed by atoms with Crippen LogP contribution in [-0.2, 0) is 0 Å². The number of rotatable bonds is 3. The van der Waals surface area contributed by atoms with Crippen LogP contribution in [0.25, 0.3) is 11.4 Å². The summed E-state index contributed by atoms with van der Waals surface area (Å²) >= 11 is 0. The number of hydrogen-bond acceptors (Lipinski definition) is 4. The van der Waals surface area contributed by atoms with E-state index >= 15 is 0 Å². The average Bonchev–Trinajstić information content (AvgIpc) is 3.23. The van der Waals surface area contributed by atoms with Gasteiger partial charge in [-0.1, -0.05) is 5.16 Å². The zero-order chi connectivity index (χ0) is 20.5. The number of aromatic nitrogens is 2. The molecule has 1 aromatic heterocycles. The van der Waals surface area contributed by atoms with Gasteiger partial charge in [0.05, 0.1) is 11.5 Å². The number of carbonyl (C=O) groups is 1. The van der Waals surface area contributed by atoms with Gasteiger partial charge in [-0.2, -0.15) is 4.98 Å². The van der Waals surface area contributed by atoms with Gasteiger partial charge in [0.1, 0.15) is 5.82 Å². The zero-order valence-corrected chi connectivity index (χ0v) is 15.0. The molecule has 0 radical (unpaired) electrons. The third kappa shape index (κ3) is 3.72. The topological polar surface area (TPSA) is 59.2 Å². The first-order valence-electron chi connectivity index (χ1n) is 8.96. The molecule has 5 nitrogen and oxygen atoms in total. The molecule has 3 aromatic rings. The fourth-order valence-corrected chi connectivity index (χ4v) is 3.34. The third-order valence-electron chi connectivity index (χ3n) is 4.87. The zero-order valence-electron chi connectivity index (χ0n) is 15.0. The molecular formula is C20H15F4N3O2. The Bertz CT molecular complexity index is 1050. The number of amides is 1. The summed E-state index contributed by atoms with van der Waals surface area (Å²) in [6.07, 6.45) is 1.26. The molecule has 1 saturated heterocycles. The van der Waals surface area contributed by atoms with Crippen LogP contribution in [0.4, 0.5) is 17.6 Å². The van der Waals surface area contributed by atoms with E-state index in [0.29, 0.717) is 30.8 Å². The molecule has 150 valence electrons. The Hall–Kier alpha value is -3.23. The summed E-state index contributed by atoms with van der Waals surface area (Å²) < 4.78 is 58.9. The summed E-state index contributed by atoms with van der Waals surface area (Å²) in [6.45, 7) is 0.509. The van der Waals surface area contributed by atoms with Gasteiger partial charge in [-0.3, -0.25) is 4.79 Å². The standard InChI is InChI=1S/C20H15F4N3O2/c21-13-5-3-11(4-6-13)18-25-19(29-26-18)12-2-1-9-27(10-12)20(28)14-7-8-15(22)17(24)16(14)23/h3-8,12H,1-2,9-10H2. The van der Waals surface area contributed by atoms with E-state index in [1.165, 1.54) is 29.2 Å². The van der Waals surface area contributed by atoms with Crippen molar-refractivity contribution in [2.45, 2.75) is 18.8 Å². The van der Waals surface area contributed by atoms with Crippen LogP contribution in [0.5, 0.6) is 0 Å². The van der Waals surface area contributed by atoms with Crippen molar-refractivity contribution < 1.29 is 26.9 Å². The second-order valence-corrected chi connectivity index (χ2v) is 6.78. The minimum atomic E-state index is -1.68. The molecule has 2 aromatic carbocycles. The van der Waals surface area contributed by atoms with Gasteiger partial charge in [-0.05, 0) is 49.2 Å². The Balaban J connectivity index is 1.52. The number of likely N-dealkylation sites (tertiary alicyclic amines) is 1. The maximum atomic E-state index is 14.0. The lowest BCUT2D eigenvalue weighted by Crippen LogP contribution is -2.39. The largest absolute Gasteiger partial charge is 0.339 e. The van der Waals surface area contributed by atoms with Crippen molar-refractivity contribution in [3.8, 4) is 11.4 Å². The van der Waals surface area contributed by atoms with Crippen molar-refractivity contribution in [2.75, 3.05) is 13.1 Å². The first-order valence-corrected chi connectivity index (χ1v) is 8.96. The van der Waals surface area contributed by atoms with Crippen molar-refractivity contribution in [1.82, 2.24) is 15.0 Å². The lowest BCUT2D eigenvalue weighted by molar-refractivity contribution is 0.0689. The number of halogens is 4. The van der Waals surface area contributed by atoms with Gasteiger partial charge < -0.3 is 9.42 Å². The monoisotopic (exact) mass is 405 g/mol. The summed E-state index contributed by atoms with van der Waals surface area (Å²) in [7, 11) is 0. The second kappa shape index (κ2) is 7.65. The van der Waals surface area contributed by atoms with Crippen molar-refractivity contribution >= 4 is 5.91 Å². The molecule has 1 amide bonds. The lowest BCUT2D eigenvalue weighted by atomic mass is 9.97. The normalized spacial score (nSPS) is 16.8. The molecule has 1 aliphatic rings. The SMILES string of the molecule is O=C(c1ccc(F)c(F)c1F)N1CCCC(c2nc(-c3ccc(F)cc3)no2)C1. The minimum Gasteiger partial charge on any atom is -0.339 e. The van der Waals surface area contributed by atoms with Gasteiger partial charge in [0.2, 0.25) is 11.7 Å². The first-order chi connectivity index (χ1) is 13.9. The molecule has 0 spiro atoms. The Morgan fingerprint density at radius 2 is 1.79 bits per heavy atom. The quantitative estimate of drug-likeness (QED) is 0.481. The van der Waals surface area contributed by atoms with E-state index in [1.807, 2.05) is 0 Å². The van der Waals surface area contributed by atoms with E-state index in [-0.39, 0.29) is 24.1 Å². The molecule has 2 heterocycles. The predicted molar refractivity (Wildman–Crippen MR) is 93.9 cm³/mol. The molecule has 29 heavy (non-hydrogen) atoms. The fourth-order valence-electron chi connectivity index (χ4n) is 3.34. The number of nitrogens with zero attached hydrogens (tertiary/aromatic N) is 3. The van der Waals surface area contributed by atoms with Gasteiger partial charge in [0, 0.05) is 18.7 Å². The summed E-state index contributed by atoms with van der Waals surface area (Å²) in [5.41, 5.74) is 0.0519. The molecular weight excluding hydrogens is 390 g/mol. The van der Waals surface area contributed by atoms with E-state index in [2.05, 4.69) is 10.1 Å². The molecule has 0 saturated carbocycles. The molecule has 1 aliphatic heterocycles. The van der Waals surface area contributed by atoms with Gasteiger partial charge in [-0.15, -0.1) is 0 Å². The Labute approximate surface area is 162 Å². The molecule has 0 bridgehead atoms.